The number of carbonyl (C=O) groups excluding carboxylic acids is 1. The van der Waals surface area contributed by atoms with Crippen LogP contribution in [-0.4, -0.2) is 79.2 Å². The number of ether oxygens (including phenoxy) is 3. The van der Waals surface area contributed by atoms with E-state index in [4.69, 9.17) is 14.2 Å². The fourth-order valence-electron chi connectivity index (χ4n) is 7.22. The van der Waals surface area contributed by atoms with Gasteiger partial charge in [0.2, 0.25) is 0 Å². The summed E-state index contributed by atoms with van der Waals surface area (Å²) in [6, 6.07) is 13.0. The van der Waals surface area contributed by atoms with Gasteiger partial charge in [-0.05, 0) is 83.1 Å². The molecule has 2 aromatic carbocycles. The van der Waals surface area contributed by atoms with Gasteiger partial charge in [-0.2, -0.15) is 0 Å². The van der Waals surface area contributed by atoms with Crippen molar-refractivity contribution in [3.05, 3.63) is 74.7 Å². The minimum atomic E-state index is -0.826. The zero-order chi connectivity index (χ0) is 33.3. The number of pyridine rings is 1. The highest BCUT2D eigenvalue weighted by Crippen LogP contribution is 2.53. The summed E-state index contributed by atoms with van der Waals surface area (Å²) < 4.78 is 19.1. The zero-order valence-electron chi connectivity index (χ0n) is 28.5. The molecule has 2 N–H and O–H groups in total. The zero-order valence-corrected chi connectivity index (χ0v) is 29.4. The van der Waals surface area contributed by atoms with Gasteiger partial charge in [0.25, 0.3) is 17.3 Å². The molecule has 1 amide bonds. The highest BCUT2D eigenvalue weighted by Gasteiger charge is 2.47. The third-order valence-electron chi connectivity index (χ3n) is 10.2. The van der Waals surface area contributed by atoms with Crippen molar-refractivity contribution in [1.82, 2.24) is 20.1 Å². The first-order chi connectivity index (χ1) is 22.6. The molecule has 2 fully saturated rings. The molecule has 47 heavy (non-hydrogen) atoms. The summed E-state index contributed by atoms with van der Waals surface area (Å²) in [6.45, 7) is 10.2. The normalized spacial score (nSPS) is 22.9. The van der Waals surface area contributed by atoms with Crippen LogP contribution in [0.25, 0.3) is 11.1 Å². The average molecular weight is 661 g/mol. The monoisotopic (exact) mass is 660 g/mol. The maximum absolute atomic E-state index is 13.9. The number of nitrogens with zero attached hydrogens (tertiary/aromatic N) is 2. The summed E-state index contributed by atoms with van der Waals surface area (Å²) in [5.74, 6) is 0.459. The van der Waals surface area contributed by atoms with Crippen LogP contribution >= 0.6 is 11.8 Å². The number of hydrogen-bond acceptors (Lipinski definition) is 8. The second kappa shape index (κ2) is 14.0. The standard InChI is InChI=1S/C37H48N4O5S/c1-23-19-32(47-6)31(36(43)39-23)21-38-35(42)29-20-30(26-9-7-25(8-10-26)22-41-15-17-44-18-16-41)34-33(24(29)2)45-37(3,46-34)27-11-13-28(14-12-27)40(4)5/h7-10,19-20,27-28H,11-18,21-22H2,1-6H3,(H,38,42)(H,39,43)/t27-,28-,37?. The van der Waals surface area contributed by atoms with Crippen molar-refractivity contribution in [2.75, 3.05) is 46.7 Å². The Morgan fingerprint density at radius 3 is 2.38 bits per heavy atom. The lowest BCUT2D eigenvalue weighted by Crippen LogP contribution is -2.46. The van der Waals surface area contributed by atoms with E-state index < -0.39 is 5.79 Å². The topological polar surface area (TPSA) is 96.1 Å². The first-order valence-corrected chi connectivity index (χ1v) is 17.9. The summed E-state index contributed by atoms with van der Waals surface area (Å²) in [6.07, 6.45) is 6.14. The van der Waals surface area contributed by atoms with Gasteiger partial charge < -0.3 is 29.4 Å². The molecule has 0 bridgehead atoms. The van der Waals surface area contributed by atoms with Gasteiger partial charge in [-0.25, -0.2) is 0 Å². The lowest BCUT2D eigenvalue weighted by atomic mass is 9.81. The molecule has 2 aliphatic heterocycles. The molecule has 10 heteroatoms. The van der Waals surface area contributed by atoms with Crippen molar-refractivity contribution >= 4 is 17.7 Å². The lowest BCUT2D eigenvalue weighted by Gasteiger charge is -2.39. The number of thioether (sulfide) groups is 1. The smallest absolute Gasteiger partial charge is 0.254 e. The molecule has 1 saturated carbocycles. The van der Waals surface area contributed by atoms with E-state index in [1.165, 1.54) is 17.3 Å². The Hall–Kier alpha value is -3.31. The van der Waals surface area contributed by atoms with Gasteiger partial charge >= 0.3 is 0 Å². The molecule has 3 heterocycles. The summed E-state index contributed by atoms with van der Waals surface area (Å²) in [4.78, 5) is 35.1. The lowest BCUT2D eigenvalue weighted by molar-refractivity contribution is -0.123. The summed E-state index contributed by atoms with van der Waals surface area (Å²) in [5.41, 5.74) is 5.42. The minimum Gasteiger partial charge on any atom is -0.448 e. The van der Waals surface area contributed by atoms with E-state index in [0.717, 1.165) is 85.8 Å². The molecule has 1 aliphatic carbocycles. The number of H-pyrrole nitrogens is 1. The summed E-state index contributed by atoms with van der Waals surface area (Å²) in [7, 11) is 4.30. The Kier molecular flexibility index (Phi) is 10.0. The Labute approximate surface area is 282 Å². The predicted molar refractivity (Wildman–Crippen MR) is 187 cm³/mol. The first-order valence-electron chi connectivity index (χ1n) is 16.7. The van der Waals surface area contributed by atoms with Crippen LogP contribution in [0.5, 0.6) is 11.5 Å². The van der Waals surface area contributed by atoms with E-state index in [-0.39, 0.29) is 23.9 Å². The Morgan fingerprint density at radius 2 is 1.72 bits per heavy atom. The number of aryl methyl sites for hydroxylation is 1. The Bertz CT molecular complexity index is 1660. The van der Waals surface area contributed by atoms with Crippen molar-refractivity contribution in [3.63, 3.8) is 0 Å². The molecule has 9 nitrogen and oxygen atoms in total. The number of fused-ring (bicyclic) bond motifs is 1. The van der Waals surface area contributed by atoms with Gasteiger partial charge in [0.05, 0.1) is 13.2 Å². The van der Waals surface area contributed by atoms with E-state index in [1.54, 1.807) is 0 Å². The van der Waals surface area contributed by atoms with Crippen LogP contribution < -0.4 is 20.3 Å². The maximum Gasteiger partial charge on any atom is 0.254 e. The van der Waals surface area contributed by atoms with Crippen LogP contribution in [0, 0.1) is 19.8 Å². The van der Waals surface area contributed by atoms with Gasteiger partial charge in [-0.1, -0.05) is 24.3 Å². The minimum absolute atomic E-state index is 0.122. The number of nitrogens with one attached hydrogen (secondary N) is 2. The molecule has 1 saturated heterocycles. The number of aromatic nitrogens is 1. The molecule has 3 aliphatic rings. The molecular formula is C37H48N4O5S. The van der Waals surface area contributed by atoms with Gasteiger partial charge in [0.1, 0.15) is 0 Å². The first kappa shape index (κ1) is 33.6. The maximum atomic E-state index is 13.9. The number of benzene rings is 2. The van der Waals surface area contributed by atoms with E-state index in [0.29, 0.717) is 28.7 Å². The fourth-order valence-corrected chi connectivity index (χ4v) is 7.93. The van der Waals surface area contributed by atoms with Crippen molar-refractivity contribution < 1.29 is 19.0 Å². The van der Waals surface area contributed by atoms with Crippen molar-refractivity contribution in [3.8, 4) is 22.6 Å². The molecular weight excluding hydrogens is 612 g/mol. The Morgan fingerprint density at radius 1 is 1.04 bits per heavy atom. The number of rotatable bonds is 9. The van der Waals surface area contributed by atoms with E-state index in [1.807, 2.05) is 32.2 Å². The molecule has 3 aromatic rings. The fraction of sp³-hybridized carbons (Fsp3) is 0.514. The molecule has 6 rings (SSSR count). The largest absolute Gasteiger partial charge is 0.448 e. The highest BCUT2D eigenvalue weighted by atomic mass is 32.2. The van der Waals surface area contributed by atoms with E-state index in [9.17, 15) is 9.59 Å². The highest BCUT2D eigenvalue weighted by molar-refractivity contribution is 7.98. The number of morpholine rings is 1. The van der Waals surface area contributed by atoms with Crippen LogP contribution in [0.15, 0.2) is 46.1 Å². The third kappa shape index (κ3) is 7.11. The molecule has 1 aromatic heterocycles. The van der Waals surface area contributed by atoms with Gasteiger partial charge in [0, 0.05) is 77.9 Å². The van der Waals surface area contributed by atoms with Crippen molar-refractivity contribution in [1.29, 1.82) is 0 Å². The number of hydrogen-bond donors (Lipinski definition) is 2. The molecule has 1 unspecified atom stereocenters. The van der Waals surface area contributed by atoms with Crippen LogP contribution in [-0.2, 0) is 17.8 Å². The predicted octanol–water partition coefficient (Wildman–Crippen LogP) is 5.75. The van der Waals surface area contributed by atoms with Gasteiger partial charge in [-0.15, -0.1) is 11.8 Å². The van der Waals surface area contributed by atoms with Crippen LogP contribution in [0.4, 0.5) is 0 Å². The van der Waals surface area contributed by atoms with Gasteiger partial charge in [-0.3, -0.25) is 14.5 Å². The van der Waals surface area contributed by atoms with Gasteiger partial charge in [0.15, 0.2) is 11.5 Å². The number of carbonyl (C=O) groups is 1. The second-order valence-electron chi connectivity index (χ2n) is 13.5. The Balaban J connectivity index is 1.31. The quantitative estimate of drug-likeness (QED) is 0.280. The summed E-state index contributed by atoms with van der Waals surface area (Å²) in [5, 5.41) is 3.03. The third-order valence-corrected chi connectivity index (χ3v) is 11.0. The SMILES string of the molecule is CSc1cc(C)[nH]c(=O)c1CNC(=O)c1cc(-c2ccc(CN3CCOCC3)cc2)c2c(c1C)OC(C)([C@H]1CC[C@H](N(C)C)CC1)O2. The van der Waals surface area contributed by atoms with E-state index >= 15 is 0 Å². The second-order valence-corrected chi connectivity index (χ2v) is 14.4. The number of amides is 1. The molecule has 252 valence electrons. The van der Waals surface area contributed by atoms with E-state index in [2.05, 4.69) is 65.4 Å². The summed E-state index contributed by atoms with van der Waals surface area (Å²) >= 11 is 1.50. The van der Waals surface area contributed by atoms with Crippen molar-refractivity contribution in [2.45, 2.75) is 76.3 Å². The number of aromatic amines is 1. The average Bonchev–Trinajstić information content (AvgIpc) is 3.44. The van der Waals surface area contributed by atoms with Crippen molar-refractivity contribution in [2.24, 2.45) is 5.92 Å². The molecule has 1 atom stereocenters. The van der Waals surface area contributed by atoms with Crippen LogP contribution in [0.1, 0.15) is 65.3 Å². The molecule has 0 spiro atoms. The van der Waals surface area contributed by atoms with Crippen LogP contribution in [0.2, 0.25) is 0 Å². The molecule has 0 radical (unpaired) electrons. The van der Waals surface area contributed by atoms with Crippen LogP contribution in [0.3, 0.4) is 0 Å².